The van der Waals surface area contributed by atoms with E-state index in [1.54, 1.807) is 19.2 Å². The number of aryl methyl sites for hydroxylation is 1. The van der Waals surface area contributed by atoms with Crippen LogP contribution in [-0.4, -0.2) is 24.7 Å². The number of amides is 2. The van der Waals surface area contributed by atoms with Crippen LogP contribution < -0.4 is 10.6 Å². The van der Waals surface area contributed by atoms with E-state index in [0.717, 1.165) is 18.4 Å². The maximum Gasteiger partial charge on any atom is 0.251 e. The number of unbranched alkanes of at least 4 members (excludes halogenated alkanes) is 1. The average Bonchev–Trinajstić information content (AvgIpc) is 2.40. The van der Waals surface area contributed by atoms with Crippen LogP contribution in [0.15, 0.2) is 18.2 Å². The number of anilines is 1. The predicted molar refractivity (Wildman–Crippen MR) is 77.8 cm³/mol. The fourth-order valence-electron chi connectivity index (χ4n) is 1.64. The Morgan fingerprint density at radius 3 is 2.63 bits per heavy atom. The van der Waals surface area contributed by atoms with Crippen molar-refractivity contribution in [3.63, 3.8) is 0 Å². The van der Waals surface area contributed by atoms with Crippen molar-refractivity contribution in [2.45, 2.75) is 26.2 Å². The number of hydrogen-bond acceptors (Lipinski definition) is 2. The molecule has 0 atom stereocenters. The second kappa shape index (κ2) is 7.79. The SMILES string of the molecule is CNC(=O)c1ccc(C)c(NC(=O)CCCCCl)c1. The van der Waals surface area contributed by atoms with Crippen LogP contribution in [0.2, 0.25) is 0 Å². The molecule has 1 aromatic rings. The molecule has 0 aromatic heterocycles. The topological polar surface area (TPSA) is 58.2 Å². The Bertz CT molecular complexity index is 461. The minimum absolute atomic E-state index is 0.0535. The second-order valence-corrected chi connectivity index (χ2v) is 4.68. The molecule has 0 bridgehead atoms. The molecule has 0 fully saturated rings. The fourth-order valence-corrected chi connectivity index (χ4v) is 1.82. The summed E-state index contributed by atoms with van der Waals surface area (Å²) in [5.41, 5.74) is 2.14. The molecular formula is C14H19ClN2O2. The van der Waals surface area contributed by atoms with E-state index in [2.05, 4.69) is 10.6 Å². The van der Waals surface area contributed by atoms with Gasteiger partial charge in [0.15, 0.2) is 0 Å². The number of rotatable bonds is 6. The summed E-state index contributed by atoms with van der Waals surface area (Å²) in [4.78, 5) is 23.3. The van der Waals surface area contributed by atoms with Gasteiger partial charge >= 0.3 is 0 Å². The van der Waals surface area contributed by atoms with Gasteiger partial charge in [0.1, 0.15) is 0 Å². The predicted octanol–water partition coefficient (Wildman–Crippen LogP) is 2.70. The highest BCUT2D eigenvalue weighted by atomic mass is 35.5. The smallest absolute Gasteiger partial charge is 0.251 e. The van der Waals surface area contributed by atoms with Gasteiger partial charge in [-0.3, -0.25) is 9.59 Å². The number of halogens is 1. The first kappa shape index (κ1) is 15.5. The van der Waals surface area contributed by atoms with E-state index in [4.69, 9.17) is 11.6 Å². The van der Waals surface area contributed by atoms with Crippen LogP contribution in [0.1, 0.15) is 35.2 Å². The molecule has 19 heavy (non-hydrogen) atoms. The van der Waals surface area contributed by atoms with E-state index in [1.165, 1.54) is 0 Å². The third-order valence-electron chi connectivity index (χ3n) is 2.79. The van der Waals surface area contributed by atoms with E-state index in [1.807, 2.05) is 13.0 Å². The van der Waals surface area contributed by atoms with Crippen molar-refractivity contribution >= 4 is 29.1 Å². The van der Waals surface area contributed by atoms with Gasteiger partial charge in [-0.1, -0.05) is 6.07 Å². The summed E-state index contributed by atoms with van der Waals surface area (Å²) in [6.45, 7) is 1.89. The van der Waals surface area contributed by atoms with Gasteiger partial charge < -0.3 is 10.6 Å². The van der Waals surface area contributed by atoms with Gasteiger partial charge in [-0.25, -0.2) is 0 Å². The van der Waals surface area contributed by atoms with Crippen molar-refractivity contribution < 1.29 is 9.59 Å². The summed E-state index contributed by atoms with van der Waals surface area (Å²) in [5, 5.41) is 5.38. The van der Waals surface area contributed by atoms with Crippen LogP contribution in [0, 0.1) is 6.92 Å². The van der Waals surface area contributed by atoms with Crippen molar-refractivity contribution in [2.75, 3.05) is 18.2 Å². The molecular weight excluding hydrogens is 264 g/mol. The van der Waals surface area contributed by atoms with Gasteiger partial charge in [0.25, 0.3) is 5.91 Å². The third kappa shape index (κ3) is 4.91. The monoisotopic (exact) mass is 282 g/mol. The van der Waals surface area contributed by atoms with Crippen molar-refractivity contribution in [2.24, 2.45) is 0 Å². The van der Waals surface area contributed by atoms with Gasteiger partial charge in [-0.2, -0.15) is 0 Å². The second-order valence-electron chi connectivity index (χ2n) is 4.30. The van der Waals surface area contributed by atoms with Crippen LogP contribution in [0.5, 0.6) is 0 Å². The van der Waals surface area contributed by atoms with E-state index in [-0.39, 0.29) is 11.8 Å². The largest absolute Gasteiger partial charge is 0.355 e. The zero-order valence-electron chi connectivity index (χ0n) is 11.3. The molecule has 0 aliphatic heterocycles. The van der Waals surface area contributed by atoms with E-state index in [9.17, 15) is 9.59 Å². The molecule has 2 amide bonds. The third-order valence-corrected chi connectivity index (χ3v) is 3.06. The van der Waals surface area contributed by atoms with Gasteiger partial charge in [-0.05, 0) is 37.5 Å². The number of benzene rings is 1. The van der Waals surface area contributed by atoms with Crippen LogP contribution in [0.4, 0.5) is 5.69 Å². The molecule has 0 aliphatic carbocycles. The molecule has 0 unspecified atom stereocenters. The highest BCUT2D eigenvalue weighted by molar-refractivity contribution is 6.17. The summed E-state index contributed by atoms with van der Waals surface area (Å²) in [6, 6.07) is 5.24. The first-order chi connectivity index (χ1) is 9.08. The Morgan fingerprint density at radius 1 is 1.26 bits per heavy atom. The lowest BCUT2D eigenvalue weighted by Crippen LogP contribution is -2.19. The number of alkyl halides is 1. The average molecular weight is 283 g/mol. The van der Waals surface area contributed by atoms with Gasteiger partial charge in [0, 0.05) is 30.6 Å². The first-order valence-electron chi connectivity index (χ1n) is 6.27. The quantitative estimate of drug-likeness (QED) is 0.622. The Balaban J connectivity index is 2.71. The highest BCUT2D eigenvalue weighted by Gasteiger charge is 2.08. The van der Waals surface area contributed by atoms with E-state index in [0.29, 0.717) is 23.6 Å². The summed E-state index contributed by atoms with van der Waals surface area (Å²) >= 11 is 5.57. The normalized spacial score (nSPS) is 10.1. The molecule has 1 rings (SSSR count). The van der Waals surface area contributed by atoms with Gasteiger partial charge in [0.05, 0.1) is 0 Å². The number of hydrogen-bond donors (Lipinski definition) is 2. The Labute approximate surface area is 118 Å². The minimum Gasteiger partial charge on any atom is -0.355 e. The molecule has 5 heteroatoms. The maximum absolute atomic E-state index is 11.7. The summed E-state index contributed by atoms with van der Waals surface area (Å²) in [5.74, 6) is 0.346. The molecule has 0 saturated heterocycles. The molecule has 0 radical (unpaired) electrons. The van der Waals surface area contributed by atoms with Crippen LogP contribution in [0.25, 0.3) is 0 Å². The fraction of sp³-hybridized carbons (Fsp3) is 0.429. The zero-order chi connectivity index (χ0) is 14.3. The highest BCUT2D eigenvalue weighted by Crippen LogP contribution is 2.17. The van der Waals surface area contributed by atoms with Crippen molar-refractivity contribution in [1.29, 1.82) is 0 Å². The molecule has 0 saturated carbocycles. The Hall–Kier alpha value is -1.55. The molecule has 0 aliphatic rings. The Morgan fingerprint density at radius 2 is 2.00 bits per heavy atom. The Kier molecular flexibility index (Phi) is 6.36. The van der Waals surface area contributed by atoms with Crippen LogP contribution in [-0.2, 0) is 4.79 Å². The van der Waals surface area contributed by atoms with Gasteiger partial charge in [-0.15, -0.1) is 11.6 Å². The van der Waals surface area contributed by atoms with E-state index < -0.39 is 0 Å². The summed E-state index contributed by atoms with van der Waals surface area (Å²) in [6.07, 6.45) is 2.03. The molecule has 0 heterocycles. The maximum atomic E-state index is 11.7. The molecule has 0 spiro atoms. The van der Waals surface area contributed by atoms with Crippen molar-refractivity contribution in [1.82, 2.24) is 5.32 Å². The van der Waals surface area contributed by atoms with Gasteiger partial charge in [0.2, 0.25) is 5.91 Å². The molecule has 1 aromatic carbocycles. The number of carbonyl (C=O) groups excluding carboxylic acids is 2. The number of nitrogens with one attached hydrogen (secondary N) is 2. The summed E-state index contributed by atoms with van der Waals surface area (Å²) in [7, 11) is 1.58. The standard InChI is InChI=1S/C14H19ClN2O2/c1-10-6-7-11(14(19)16-2)9-12(10)17-13(18)5-3-4-8-15/h6-7,9H,3-5,8H2,1-2H3,(H,16,19)(H,17,18). The van der Waals surface area contributed by atoms with Crippen molar-refractivity contribution in [3.05, 3.63) is 29.3 Å². The lowest BCUT2D eigenvalue weighted by Gasteiger charge is -2.10. The summed E-state index contributed by atoms with van der Waals surface area (Å²) < 4.78 is 0. The number of carbonyl (C=O) groups is 2. The minimum atomic E-state index is -0.169. The first-order valence-corrected chi connectivity index (χ1v) is 6.80. The zero-order valence-corrected chi connectivity index (χ0v) is 12.0. The lowest BCUT2D eigenvalue weighted by atomic mass is 10.1. The van der Waals surface area contributed by atoms with Crippen LogP contribution in [0.3, 0.4) is 0 Å². The van der Waals surface area contributed by atoms with E-state index >= 15 is 0 Å². The lowest BCUT2D eigenvalue weighted by molar-refractivity contribution is -0.116. The molecule has 104 valence electrons. The molecule has 4 nitrogen and oxygen atoms in total. The molecule has 2 N–H and O–H groups in total. The van der Waals surface area contributed by atoms with Crippen LogP contribution >= 0.6 is 11.6 Å². The van der Waals surface area contributed by atoms with Crippen molar-refractivity contribution in [3.8, 4) is 0 Å².